The first-order valence-corrected chi connectivity index (χ1v) is 6.54. The molecule has 1 atom stereocenters. The lowest BCUT2D eigenvalue weighted by Crippen LogP contribution is -2.34. The van der Waals surface area contributed by atoms with Gasteiger partial charge in [0.25, 0.3) is 11.8 Å². The molecular weight excluding hydrogens is 344 g/mol. The van der Waals surface area contributed by atoms with E-state index in [0.717, 1.165) is 0 Å². The van der Waals surface area contributed by atoms with Crippen molar-refractivity contribution in [2.75, 3.05) is 7.11 Å². The summed E-state index contributed by atoms with van der Waals surface area (Å²) in [5, 5.41) is 16.9. The minimum absolute atomic E-state index is 0.0301. The molecule has 110 valence electrons. The van der Waals surface area contributed by atoms with Crippen molar-refractivity contribution in [2.45, 2.75) is 0 Å². The van der Waals surface area contributed by atoms with Crippen LogP contribution in [0.25, 0.3) is 0 Å². The first-order valence-electron chi connectivity index (χ1n) is 5.75. The number of phenolic OH excluding ortho intramolecular Hbond substituents is 1. The molecule has 0 aliphatic carbocycles. The molecule has 2 amide bonds. The van der Waals surface area contributed by atoms with Crippen molar-refractivity contribution in [2.24, 2.45) is 16.1 Å². The molecule has 1 aromatic rings. The van der Waals surface area contributed by atoms with Gasteiger partial charge in [0, 0.05) is 6.21 Å². The summed E-state index contributed by atoms with van der Waals surface area (Å²) < 4.78 is 5.42. The average molecular weight is 355 g/mol. The Bertz CT molecular complexity index is 644. The summed E-state index contributed by atoms with van der Waals surface area (Å²) in [6.07, 6.45) is 2.56. The highest BCUT2D eigenvalue weighted by molar-refractivity contribution is 9.10. The Morgan fingerprint density at radius 3 is 3.00 bits per heavy atom. The highest BCUT2D eigenvalue weighted by Gasteiger charge is 2.28. The van der Waals surface area contributed by atoms with Gasteiger partial charge in [-0.1, -0.05) is 0 Å². The van der Waals surface area contributed by atoms with Crippen molar-refractivity contribution < 1.29 is 19.4 Å². The monoisotopic (exact) mass is 354 g/mol. The standard InChI is InChI=1S/C12H11BrN4O4/c1-21-9-3-6(2-8(13)10(9)18)4-14-16-11(19)7-5-15-17-12(7)20/h2-5,7,18H,1H3,(H,16,19)(H,17,20). The smallest absolute Gasteiger partial charge is 0.258 e. The summed E-state index contributed by atoms with van der Waals surface area (Å²) >= 11 is 3.17. The molecule has 8 nitrogen and oxygen atoms in total. The average Bonchev–Trinajstić information content (AvgIpc) is 2.88. The normalized spacial score (nSPS) is 17.0. The summed E-state index contributed by atoms with van der Waals surface area (Å²) in [5.41, 5.74) is 4.97. The Hall–Kier alpha value is -2.42. The van der Waals surface area contributed by atoms with Crippen molar-refractivity contribution in [3.63, 3.8) is 0 Å². The van der Waals surface area contributed by atoms with Gasteiger partial charge in [-0.2, -0.15) is 10.2 Å². The number of methoxy groups -OCH3 is 1. The van der Waals surface area contributed by atoms with E-state index in [4.69, 9.17) is 4.74 Å². The number of benzene rings is 1. The molecule has 0 spiro atoms. The van der Waals surface area contributed by atoms with E-state index in [-0.39, 0.29) is 11.5 Å². The number of halogens is 1. The van der Waals surface area contributed by atoms with Crippen LogP contribution in [-0.4, -0.2) is 36.5 Å². The fourth-order valence-electron chi connectivity index (χ4n) is 1.56. The maximum absolute atomic E-state index is 11.6. The predicted octanol–water partition coefficient (Wildman–Crippen LogP) is 0.345. The number of carbonyl (C=O) groups is 2. The number of hydrogen-bond donors (Lipinski definition) is 3. The second-order valence-corrected chi connectivity index (χ2v) is 4.87. The number of amides is 2. The lowest BCUT2D eigenvalue weighted by atomic mass is 10.1. The van der Waals surface area contributed by atoms with Crippen LogP contribution in [0.5, 0.6) is 11.5 Å². The third kappa shape index (κ3) is 3.37. The van der Waals surface area contributed by atoms with Crippen LogP contribution in [0.15, 0.2) is 26.8 Å². The van der Waals surface area contributed by atoms with E-state index in [1.807, 2.05) is 0 Å². The highest BCUT2D eigenvalue weighted by Crippen LogP contribution is 2.34. The number of carbonyl (C=O) groups excluding carboxylic acids is 2. The van der Waals surface area contributed by atoms with Crippen LogP contribution in [0.2, 0.25) is 0 Å². The fraction of sp³-hybridized carbons (Fsp3) is 0.167. The van der Waals surface area contributed by atoms with Crippen LogP contribution in [-0.2, 0) is 9.59 Å². The fourth-order valence-corrected chi connectivity index (χ4v) is 2.02. The Morgan fingerprint density at radius 1 is 1.62 bits per heavy atom. The number of phenols is 1. The van der Waals surface area contributed by atoms with E-state index in [1.165, 1.54) is 19.5 Å². The molecule has 0 bridgehead atoms. The van der Waals surface area contributed by atoms with Crippen LogP contribution in [0, 0.1) is 5.92 Å². The Balaban J connectivity index is 2.05. The molecule has 0 saturated carbocycles. The van der Waals surface area contributed by atoms with Gasteiger partial charge in [0.15, 0.2) is 17.4 Å². The van der Waals surface area contributed by atoms with Gasteiger partial charge in [-0.05, 0) is 33.6 Å². The van der Waals surface area contributed by atoms with Gasteiger partial charge in [-0.3, -0.25) is 9.59 Å². The Labute approximate surface area is 128 Å². The van der Waals surface area contributed by atoms with Gasteiger partial charge in [-0.15, -0.1) is 0 Å². The molecule has 2 rings (SSSR count). The van der Waals surface area contributed by atoms with Crippen molar-refractivity contribution in [1.29, 1.82) is 0 Å². The molecule has 0 fully saturated rings. The number of rotatable bonds is 4. The van der Waals surface area contributed by atoms with Gasteiger partial charge in [-0.25, -0.2) is 10.9 Å². The third-order valence-electron chi connectivity index (χ3n) is 2.62. The van der Waals surface area contributed by atoms with Gasteiger partial charge < -0.3 is 9.84 Å². The first-order chi connectivity index (χ1) is 10.0. The van der Waals surface area contributed by atoms with Gasteiger partial charge in [0.2, 0.25) is 0 Å². The second-order valence-electron chi connectivity index (χ2n) is 4.02. The molecule has 21 heavy (non-hydrogen) atoms. The number of ether oxygens (including phenoxy) is 1. The molecule has 0 radical (unpaired) electrons. The number of nitrogens with one attached hydrogen (secondary N) is 2. The molecule has 1 aromatic carbocycles. The summed E-state index contributed by atoms with van der Waals surface area (Å²) in [7, 11) is 1.42. The predicted molar refractivity (Wildman–Crippen MR) is 78.2 cm³/mol. The minimum Gasteiger partial charge on any atom is -0.503 e. The van der Waals surface area contributed by atoms with Crippen LogP contribution >= 0.6 is 15.9 Å². The van der Waals surface area contributed by atoms with E-state index in [2.05, 4.69) is 37.0 Å². The zero-order valence-corrected chi connectivity index (χ0v) is 12.4. The van der Waals surface area contributed by atoms with E-state index >= 15 is 0 Å². The molecular formula is C12H11BrN4O4. The second kappa shape index (κ2) is 6.35. The number of aromatic hydroxyl groups is 1. The highest BCUT2D eigenvalue weighted by atomic mass is 79.9. The van der Waals surface area contributed by atoms with Crippen molar-refractivity contribution in [3.8, 4) is 11.5 Å². The maximum Gasteiger partial charge on any atom is 0.258 e. The largest absolute Gasteiger partial charge is 0.503 e. The minimum atomic E-state index is -0.983. The Kier molecular flexibility index (Phi) is 4.53. The van der Waals surface area contributed by atoms with E-state index in [1.54, 1.807) is 12.1 Å². The number of hydrogen-bond acceptors (Lipinski definition) is 6. The topological polar surface area (TPSA) is 112 Å². The van der Waals surface area contributed by atoms with Crippen LogP contribution in [0.4, 0.5) is 0 Å². The van der Waals surface area contributed by atoms with Crippen molar-refractivity contribution in [1.82, 2.24) is 10.9 Å². The molecule has 0 aromatic heterocycles. The molecule has 0 saturated heterocycles. The van der Waals surface area contributed by atoms with Gasteiger partial charge in [0.05, 0.1) is 17.8 Å². The van der Waals surface area contributed by atoms with Gasteiger partial charge >= 0.3 is 0 Å². The zero-order valence-electron chi connectivity index (χ0n) is 10.8. The molecule has 1 unspecified atom stereocenters. The lowest BCUT2D eigenvalue weighted by molar-refractivity contribution is -0.131. The van der Waals surface area contributed by atoms with Crippen LogP contribution < -0.4 is 15.6 Å². The summed E-state index contributed by atoms with van der Waals surface area (Å²) in [6.45, 7) is 0. The van der Waals surface area contributed by atoms with E-state index in [9.17, 15) is 14.7 Å². The molecule has 1 aliphatic heterocycles. The van der Waals surface area contributed by atoms with E-state index in [0.29, 0.717) is 10.0 Å². The maximum atomic E-state index is 11.6. The van der Waals surface area contributed by atoms with Crippen molar-refractivity contribution >= 4 is 40.2 Å². The van der Waals surface area contributed by atoms with Crippen molar-refractivity contribution in [3.05, 3.63) is 22.2 Å². The first kappa shape index (κ1) is 15.0. The summed E-state index contributed by atoms with van der Waals surface area (Å²) in [5.74, 6) is -1.84. The SMILES string of the molecule is COc1cc(C=NNC(=O)C2C=NNC2=O)cc(Br)c1O. The summed E-state index contributed by atoms with van der Waals surface area (Å²) in [4.78, 5) is 22.9. The number of hydrazone groups is 2. The van der Waals surface area contributed by atoms with E-state index < -0.39 is 17.7 Å². The van der Waals surface area contributed by atoms with Gasteiger partial charge in [0.1, 0.15) is 0 Å². The van der Waals surface area contributed by atoms with Crippen LogP contribution in [0.3, 0.4) is 0 Å². The number of nitrogens with zero attached hydrogens (tertiary/aromatic N) is 2. The Morgan fingerprint density at radius 2 is 2.38 bits per heavy atom. The molecule has 1 heterocycles. The summed E-state index contributed by atoms with van der Waals surface area (Å²) in [6, 6.07) is 3.14. The zero-order chi connectivity index (χ0) is 15.4. The molecule has 9 heteroatoms. The quantitative estimate of drug-likeness (QED) is 0.411. The molecule has 3 N–H and O–H groups in total. The lowest BCUT2D eigenvalue weighted by Gasteiger charge is -2.06. The van der Waals surface area contributed by atoms with Crippen LogP contribution in [0.1, 0.15) is 5.56 Å². The third-order valence-corrected chi connectivity index (χ3v) is 3.23. The molecule has 1 aliphatic rings.